The highest BCUT2D eigenvalue weighted by Gasteiger charge is 2.29. The molecule has 2 aromatic rings. The number of piperazine rings is 1. The molecule has 1 aromatic carbocycles. The Morgan fingerprint density at radius 1 is 1.14 bits per heavy atom. The van der Waals surface area contributed by atoms with E-state index in [1.165, 1.54) is 13.0 Å². The number of aromatic nitrogens is 1. The van der Waals surface area contributed by atoms with Crippen molar-refractivity contribution in [3.8, 4) is 6.07 Å². The monoisotopic (exact) mass is 393 g/mol. The van der Waals surface area contributed by atoms with Crippen molar-refractivity contribution in [2.45, 2.75) is 32.5 Å². The van der Waals surface area contributed by atoms with Crippen LogP contribution in [0.2, 0.25) is 0 Å². The van der Waals surface area contributed by atoms with Crippen LogP contribution in [0.3, 0.4) is 0 Å². The molecule has 0 aliphatic carbocycles. The number of nitrogens with zero attached hydrogens (tertiary/aromatic N) is 5. The first-order valence-electron chi connectivity index (χ1n) is 10.8. The predicted octanol–water partition coefficient (Wildman–Crippen LogP) is 2.73. The second-order valence-electron chi connectivity index (χ2n) is 8.26. The lowest BCUT2D eigenvalue weighted by molar-refractivity contribution is -0.0377. The van der Waals surface area contributed by atoms with Crippen molar-refractivity contribution in [1.82, 2.24) is 14.8 Å². The first-order chi connectivity index (χ1) is 14.2. The molecule has 2 fully saturated rings. The molecular weight excluding hydrogens is 362 g/mol. The molecule has 0 N–H and O–H groups in total. The summed E-state index contributed by atoms with van der Waals surface area (Å²) in [6, 6.07) is 10.3. The quantitative estimate of drug-likeness (QED) is 0.779. The van der Waals surface area contributed by atoms with Crippen molar-refractivity contribution in [2.75, 3.05) is 57.3 Å². The van der Waals surface area contributed by atoms with E-state index in [-0.39, 0.29) is 12.2 Å². The number of hydrogen-bond acceptors (Lipinski definition) is 6. The number of pyridine rings is 1. The van der Waals surface area contributed by atoms with Crippen LogP contribution in [0.5, 0.6) is 0 Å². The third kappa shape index (κ3) is 4.53. The molecule has 154 valence electrons. The number of anilines is 1. The van der Waals surface area contributed by atoms with E-state index in [1.807, 2.05) is 12.1 Å². The van der Waals surface area contributed by atoms with Gasteiger partial charge in [0, 0.05) is 63.1 Å². The summed E-state index contributed by atoms with van der Waals surface area (Å²) in [5.74, 6) is 0. The van der Waals surface area contributed by atoms with Gasteiger partial charge < -0.3 is 14.5 Å². The minimum Gasteiger partial charge on any atom is -0.370 e. The van der Waals surface area contributed by atoms with Crippen molar-refractivity contribution in [2.24, 2.45) is 0 Å². The van der Waals surface area contributed by atoms with E-state index in [2.05, 4.69) is 51.7 Å². The fourth-order valence-corrected chi connectivity index (χ4v) is 4.67. The third-order valence-electron chi connectivity index (χ3n) is 6.00. The number of morpholine rings is 1. The third-order valence-corrected chi connectivity index (χ3v) is 6.00. The van der Waals surface area contributed by atoms with Crippen molar-refractivity contribution in [3.05, 3.63) is 36.0 Å². The lowest BCUT2D eigenvalue weighted by Gasteiger charge is -2.42. The number of nitriles is 1. The second-order valence-corrected chi connectivity index (χ2v) is 8.26. The Bertz CT molecular complexity index is 871. The molecule has 1 aromatic heterocycles. The number of ether oxygens (including phenoxy) is 1. The zero-order valence-corrected chi connectivity index (χ0v) is 17.5. The topological polar surface area (TPSA) is 55.6 Å². The smallest absolute Gasteiger partial charge is 0.101 e. The maximum atomic E-state index is 9.42. The lowest BCUT2D eigenvalue weighted by atomic mass is 10.1. The molecule has 6 nitrogen and oxygen atoms in total. The average Bonchev–Trinajstić information content (AvgIpc) is 2.74. The molecule has 6 heteroatoms. The van der Waals surface area contributed by atoms with E-state index in [1.54, 1.807) is 6.20 Å². The van der Waals surface area contributed by atoms with Gasteiger partial charge in [-0.1, -0.05) is 6.92 Å². The van der Waals surface area contributed by atoms with Crippen LogP contribution >= 0.6 is 0 Å². The molecule has 29 heavy (non-hydrogen) atoms. The Kier molecular flexibility index (Phi) is 6.29. The standard InChI is InChI=1S/C23H31N5O/c1-3-9-26-10-12-27(13-11-26)16-20-17-28(15-18(2)29-20)22-7-6-19(14-24)23-21(22)5-4-8-25-23/h4-8,18,20H,3,9-13,15-17H2,1-2H3/t18-,20-/m1/s1. The van der Waals surface area contributed by atoms with Crippen molar-refractivity contribution >= 4 is 16.6 Å². The van der Waals surface area contributed by atoms with E-state index in [4.69, 9.17) is 4.74 Å². The zero-order valence-electron chi connectivity index (χ0n) is 17.5. The maximum absolute atomic E-state index is 9.42. The summed E-state index contributed by atoms with van der Waals surface area (Å²) in [4.78, 5) is 12.0. The Morgan fingerprint density at radius 3 is 2.69 bits per heavy atom. The number of benzene rings is 1. The van der Waals surface area contributed by atoms with Crippen molar-refractivity contribution in [3.63, 3.8) is 0 Å². The van der Waals surface area contributed by atoms with Gasteiger partial charge in [0.05, 0.1) is 23.3 Å². The molecular formula is C23H31N5O. The number of rotatable bonds is 5. The highest BCUT2D eigenvalue weighted by molar-refractivity contribution is 5.95. The molecule has 2 aliphatic rings. The highest BCUT2D eigenvalue weighted by Crippen LogP contribution is 2.30. The molecule has 0 bridgehead atoms. The van der Waals surface area contributed by atoms with Gasteiger partial charge in [0.2, 0.25) is 0 Å². The van der Waals surface area contributed by atoms with Crippen LogP contribution in [-0.4, -0.2) is 79.3 Å². The van der Waals surface area contributed by atoms with Crippen LogP contribution in [0.15, 0.2) is 30.5 Å². The van der Waals surface area contributed by atoms with Gasteiger partial charge in [0.15, 0.2) is 0 Å². The van der Waals surface area contributed by atoms with Gasteiger partial charge in [-0.15, -0.1) is 0 Å². The summed E-state index contributed by atoms with van der Waals surface area (Å²) in [6.45, 7) is 12.9. The molecule has 0 spiro atoms. The summed E-state index contributed by atoms with van der Waals surface area (Å²) in [7, 11) is 0. The van der Waals surface area contributed by atoms with Crippen LogP contribution in [0, 0.1) is 11.3 Å². The molecule has 3 heterocycles. The largest absolute Gasteiger partial charge is 0.370 e. The SMILES string of the molecule is CCCN1CCN(C[C@@H]2CN(c3ccc(C#N)c4ncccc34)C[C@@H](C)O2)CC1. The summed E-state index contributed by atoms with van der Waals surface area (Å²) in [5.41, 5.74) is 2.57. The Hall–Kier alpha value is -2.20. The van der Waals surface area contributed by atoms with Gasteiger partial charge in [-0.2, -0.15) is 5.26 Å². The molecule has 0 amide bonds. The van der Waals surface area contributed by atoms with Crippen LogP contribution in [0.1, 0.15) is 25.8 Å². The highest BCUT2D eigenvalue weighted by atomic mass is 16.5. The fourth-order valence-electron chi connectivity index (χ4n) is 4.67. The first kappa shape index (κ1) is 20.1. The van der Waals surface area contributed by atoms with Gasteiger partial charge in [0.25, 0.3) is 0 Å². The molecule has 2 aliphatic heterocycles. The molecule has 2 saturated heterocycles. The lowest BCUT2D eigenvalue weighted by Crippen LogP contribution is -2.54. The summed E-state index contributed by atoms with van der Waals surface area (Å²) in [6.07, 6.45) is 3.36. The van der Waals surface area contributed by atoms with Crippen LogP contribution < -0.4 is 4.90 Å². The van der Waals surface area contributed by atoms with Crippen LogP contribution in [0.25, 0.3) is 10.9 Å². The van der Waals surface area contributed by atoms with E-state index in [0.29, 0.717) is 5.56 Å². The average molecular weight is 394 g/mol. The maximum Gasteiger partial charge on any atom is 0.101 e. The van der Waals surface area contributed by atoms with Gasteiger partial charge >= 0.3 is 0 Å². The van der Waals surface area contributed by atoms with E-state index >= 15 is 0 Å². The van der Waals surface area contributed by atoms with Crippen LogP contribution in [-0.2, 0) is 4.74 Å². The molecule has 0 radical (unpaired) electrons. The van der Waals surface area contributed by atoms with E-state index in [9.17, 15) is 5.26 Å². The molecule has 0 saturated carbocycles. The fraction of sp³-hybridized carbons (Fsp3) is 0.565. The minimum atomic E-state index is 0.178. The molecule has 2 atom stereocenters. The normalized spacial score (nSPS) is 24.0. The van der Waals surface area contributed by atoms with Gasteiger partial charge in [0.1, 0.15) is 6.07 Å². The summed E-state index contributed by atoms with van der Waals surface area (Å²) >= 11 is 0. The Balaban J connectivity index is 1.47. The van der Waals surface area contributed by atoms with Crippen molar-refractivity contribution in [1.29, 1.82) is 5.26 Å². The summed E-state index contributed by atoms with van der Waals surface area (Å²) < 4.78 is 6.31. The predicted molar refractivity (Wildman–Crippen MR) is 116 cm³/mol. The van der Waals surface area contributed by atoms with Crippen molar-refractivity contribution < 1.29 is 4.74 Å². The van der Waals surface area contributed by atoms with E-state index < -0.39 is 0 Å². The Labute approximate surface area is 173 Å². The van der Waals surface area contributed by atoms with Gasteiger partial charge in [-0.25, -0.2) is 0 Å². The number of hydrogen-bond donors (Lipinski definition) is 0. The van der Waals surface area contributed by atoms with E-state index in [0.717, 1.165) is 62.4 Å². The van der Waals surface area contributed by atoms with Gasteiger partial charge in [-0.3, -0.25) is 9.88 Å². The first-order valence-corrected chi connectivity index (χ1v) is 10.8. The Morgan fingerprint density at radius 2 is 1.93 bits per heavy atom. The second kappa shape index (κ2) is 9.08. The van der Waals surface area contributed by atoms with Crippen LogP contribution in [0.4, 0.5) is 5.69 Å². The number of fused-ring (bicyclic) bond motifs is 1. The molecule has 4 rings (SSSR count). The minimum absolute atomic E-state index is 0.178. The molecule has 0 unspecified atom stereocenters. The summed E-state index contributed by atoms with van der Waals surface area (Å²) in [5, 5.41) is 10.5. The van der Waals surface area contributed by atoms with Gasteiger partial charge in [-0.05, 0) is 44.2 Å². The zero-order chi connectivity index (χ0) is 20.2.